The first kappa shape index (κ1) is 26.6. The number of piperazine rings is 1. The molecule has 184 valence electrons. The summed E-state index contributed by atoms with van der Waals surface area (Å²) in [7, 11) is 0. The quantitative estimate of drug-likeness (QED) is 0.389. The van der Waals surface area contributed by atoms with Gasteiger partial charge in [-0.1, -0.05) is 13.8 Å². The van der Waals surface area contributed by atoms with E-state index in [4.69, 9.17) is 0 Å². The van der Waals surface area contributed by atoms with Gasteiger partial charge in [0.1, 0.15) is 16.9 Å². The van der Waals surface area contributed by atoms with E-state index in [1.807, 2.05) is 36.4 Å². The number of carboxylic acid groups (broad SMARTS) is 1. The minimum atomic E-state index is -1.10. The summed E-state index contributed by atoms with van der Waals surface area (Å²) in [5.41, 5.74) is 0.667. The van der Waals surface area contributed by atoms with E-state index < -0.39 is 23.7 Å². The van der Waals surface area contributed by atoms with Crippen LogP contribution in [0.25, 0.3) is 0 Å². The lowest BCUT2D eigenvalue weighted by atomic mass is 9.85. The summed E-state index contributed by atoms with van der Waals surface area (Å²) in [4.78, 5) is 40.2. The summed E-state index contributed by atoms with van der Waals surface area (Å²) in [5, 5.41) is 18.9. The van der Waals surface area contributed by atoms with Crippen LogP contribution in [0.3, 0.4) is 0 Å². The second-order valence-electron chi connectivity index (χ2n) is 8.94. The molecule has 2 aliphatic rings. The zero-order chi connectivity index (χ0) is 23.9. The first-order chi connectivity index (χ1) is 15.6. The van der Waals surface area contributed by atoms with Gasteiger partial charge in [-0.15, -0.1) is 23.7 Å². The molecular formula is C22H25ClFIN4O4S. The van der Waals surface area contributed by atoms with Crippen molar-refractivity contribution in [1.29, 1.82) is 0 Å². The molecule has 1 atom stereocenters. The van der Waals surface area contributed by atoms with Crippen LogP contribution in [0, 0.1) is 14.8 Å². The van der Waals surface area contributed by atoms with Gasteiger partial charge in [-0.3, -0.25) is 9.59 Å². The highest BCUT2D eigenvalue weighted by Crippen LogP contribution is 2.41. The molecule has 1 fully saturated rings. The number of thiophene rings is 1. The minimum absolute atomic E-state index is 0. The third kappa shape index (κ3) is 5.31. The van der Waals surface area contributed by atoms with Gasteiger partial charge in [0.25, 0.3) is 11.8 Å². The second-order valence-corrected chi connectivity index (χ2v) is 11.2. The van der Waals surface area contributed by atoms with Crippen LogP contribution in [0.5, 0.6) is 0 Å². The van der Waals surface area contributed by atoms with Crippen LogP contribution >= 0.6 is 46.3 Å². The maximum atomic E-state index is 14.6. The number of hydrogen-bond donors (Lipinski definition) is 4. The van der Waals surface area contributed by atoms with Crippen LogP contribution in [-0.2, 0) is 11.2 Å². The second kappa shape index (κ2) is 10.3. The topological polar surface area (TPSA) is 111 Å². The number of halogens is 3. The van der Waals surface area contributed by atoms with Crippen molar-refractivity contribution >= 4 is 74.8 Å². The molecule has 0 saturated carbocycles. The maximum absolute atomic E-state index is 14.6. The van der Waals surface area contributed by atoms with Gasteiger partial charge < -0.3 is 26.0 Å². The van der Waals surface area contributed by atoms with E-state index in [0.29, 0.717) is 35.0 Å². The Labute approximate surface area is 220 Å². The van der Waals surface area contributed by atoms with E-state index in [0.717, 1.165) is 14.9 Å². The summed E-state index contributed by atoms with van der Waals surface area (Å²) >= 11 is 3.10. The molecule has 2 aromatic rings. The Morgan fingerprint density at radius 2 is 2.09 bits per heavy atom. The number of carbonyl (C=O) groups excluding carboxylic acids is 2. The fourth-order valence-electron chi connectivity index (χ4n) is 4.10. The molecule has 2 aliphatic heterocycles. The lowest BCUT2D eigenvalue weighted by molar-refractivity contribution is -0.142. The molecule has 8 nitrogen and oxygen atoms in total. The standard InChI is InChI=1S/C22H24FIN4O4S.ClH/c1-22(2)8-12-16(20(30)28-6-5-25-9-15(28)21(31)32)19(33-17(12)18(29)26-10-22)27-14-4-3-11(24)7-13(14)23;/h3-4,7,15,25,27H,5-6,8-10H2,1-2H3,(H,26,29)(H,31,32);1H. The summed E-state index contributed by atoms with van der Waals surface area (Å²) in [5.74, 6) is -2.35. The van der Waals surface area contributed by atoms with E-state index in [1.165, 1.54) is 11.0 Å². The molecule has 0 spiro atoms. The molecular weight excluding hydrogens is 598 g/mol. The van der Waals surface area contributed by atoms with Crippen molar-refractivity contribution in [2.24, 2.45) is 5.41 Å². The Kier molecular flexibility index (Phi) is 8.10. The van der Waals surface area contributed by atoms with Gasteiger partial charge in [-0.2, -0.15) is 0 Å². The van der Waals surface area contributed by atoms with Crippen molar-refractivity contribution in [3.63, 3.8) is 0 Å². The zero-order valence-corrected chi connectivity index (χ0v) is 22.3. The number of benzene rings is 1. The van der Waals surface area contributed by atoms with E-state index in [2.05, 4.69) is 16.0 Å². The van der Waals surface area contributed by atoms with Gasteiger partial charge in [0.15, 0.2) is 0 Å². The number of nitrogens with one attached hydrogen (secondary N) is 3. The highest BCUT2D eigenvalue weighted by molar-refractivity contribution is 14.1. The molecule has 34 heavy (non-hydrogen) atoms. The third-order valence-corrected chi connectivity index (χ3v) is 7.60. The van der Waals surface area contributed by atoms with Crippen LogP contribution < -0.4 is 16.0 Å². The van der Waals surface area contributed by atoms with Crippen molar-refractivity contribution in [3.05, 3.63) is 43.6 Å². The maximum Gasteiger partial charge on any atom is 0.327 e. The predicted octanol–water partition coefficient (Wildman–Crippen LogP) is 3.47. The molecule has 4 rings (SSSR count). The fraction of sp³-hybridized carbons (Fsp3) is 0.409. The summed E-state index contributed by atoms with van der Waals surface area (Å²) in [6.45, 7) is 5.24. The van der Waals surface area contributed by atoms with Gasteiger partial charge in [-0.05, 0) is 58.2 Å². The summed E-state index contributed by atoms with van der Waals surface area (Å²) < 4.78 is 15.3. The van der Waals surface area contributed by atoms with Gasteiger partial charge in [0.05, 0.1) is 16.1 Å². The monoisotopic (exact) mass is 622 g/mol. The molecule has 1 aromatic carbocycles. The lowest BCUT2D eigenvalue weighted by Crippen LogP contribution is -2.57. The average Bonchev–Trinajstić information content (AvgIpc) is 3.05. The highest BCUT2D eigenvalue weighted by Gasteiger charge is 2.39. The first-order valence-corrected chi connectivity index (χ1v) is 12.4. The van der Waals surface area contributed by atoms with Crippen molar-refractivity contribution < 1.29 is 23.9 Å². The molecule has 1 unspecified atom stereocenters. The SMILES string of the molecule is CC1(C)CNC(=O)c2sc(Nc3ccc(I)cc3F)c(C(=O)N3CCNCC3C(=O)O)c2C1.Cl. The van der Waals surface area contributed by atoms with Crippen LogP contribution in [0.1, 0.15) is 39.4 Å². The Balaban J connectivity index is 0.00000324. The van der Waals surface area contributed by atoms with Gasteiger partial charge in [0, 0.05) is 29.7 Å². The Morgan fingerprint density at radius 3 is 2.76 bits per heavy atom. The number of fused-ring (bicyclic) bond motifs is 1. The molecule has 1 aromatic heterocycles. The van der Waals surface area contributed by atoms with Gasteiger partial charge in [-0.25, -0.2) is 9.18 Å². The third-order valence-electron chi connectivity index (χ3n) is 5.78. The van der Waals surface area contributed by atoms with Gasteiger partial charge >= 0.3 is 5.97 Å². The molecule has 2 amide bonds. The average molecular weight is 623 g/mol. The number of amides is 2. The van der Waals surface area contributed by atoms with Crippen LogP contribution in [0.2, 0.25) is 0 Å². The molecule has 3 heterocycles. The molecule has 4 N–H and O–H groups in total. The predicted molar refractivity (Wildman–Crippen MR) is 139 cm³/mol. The molecule has 0 radical (unpaired) electrons. The zero-order valence-electron chi connectivity index (χ0n) is 18.5. The number of carbonyl (C=O) groups is 3. The molecule has 0 bridgehead atoms. The number of hydrogen-bond acceptors (Lipinski definition) is 6. The number of carboxylic acids is 1. The van der Waals surface area contributed by atoms with E-state index in [9.17, 15) is 23.9 Å². The number of aliphatic carboxylic acids is 1. The smallest absolute Gasteiger partial charge is 0.327 e. The van der Waals surface area contributed by atoms with Crippen molar-refractivity contribution in [3.8, 4) is 0 Å². The Hall–Kier alpha value is -1.96. The van der Waals surface area contributed by atoms with Crippen molar-refractivity contribution in [1.82, 2.24) is 15.5 Å². The fourth-order valence-corrected chi connectivity index (χ4v) is 5.69. The molecule has 1 saturated heterocycles. The molecule has 12 heteroatoms. The summed E-state index contributed by atoms with van der Waals surface area (Å²) in [6.07, 6.45) is 0.444. The normalized spacial score (nSPS) is 19.4. The molecule has 0 aliphatic carbocycles. The number of rotatable bonds is 4. The van der Waals surface area contributed by atoms with E-state index in [-0.39, 0.29) is 48.1 Å². The van der Waals surface area contributed by atoms with Crippen molar-refractivity contribution in [2.75, 3.05) is 31.5 Å². The number of nitrogens with zero attached hydrogens (tertiary/aromatic N) is 1. The lowest BCUT2D eigenvalue weighted by Gasteiger charge is -2.34. The van der Waals surface area contributed by atoms with Crippen LogP contribution in [0.15, 0.2) is 18.2 Å². The number of anilines is 2. The minimum Gasteiger partial charge on any atom is -0.480 e. The summed E-state index contributed by atoms with van der Waals surface area (Å²) in [6, 6.07) is 3.65. The Bertz CT molecular complexity index is 1140. The first-order valence-electron chi connectivity index (χ1n) is 10.5. The van der Waals surface area contributed by atoms with Crippen LogP contribution in [0.4, 0.5) is 15.1 Å². The largest absolute Gasteiger partial charge is 0.480 e. The van der Waals surface area contributed by atoms with Crippen molar-refractivity contribution in [2.45, 2.75) is 26.3 Å². The van der Waals surface area contributed by atoms with Crippen LogP contribution in [-0.4, -0.2) is 60.0 Å². The van der Waals surface area contributed by atoms with E-state index in [1.54, 1.807) is 12.1 Å². The van der Waals surface area contributed by atoms with E-state index >= 15 is 0 Å². The van der Waals surface area contributed by atoms with Gasteiger partial charge in [0.2, 0.25) is 0 Å². The Morgan fingerprint density at radius 1 is 1.35 bits per heavy atom. The highest BCUT2D eigenvalue weighted by atomic mass is 127.